The summed E-state index contributed by atoms with van der Waals surface area (Å²) in [4.78, 5) is -0.0770. The molecule has 2 N–H and O–H groups in total. The maximum absolute atomic E-state index is 11.9. The average molecular weight is 291 g/mol. The van der Waals surface area contributed by atoms with Gasteiger partial charge in [0.05, 0.1) is 16.4 Å². The summed E-state index contributed by atoms with van der Waals surface area (Å²) in [5.41, 5.74) is 0. The van der Waals surface area contributed by atoms with E-state index in [1.54, 1.807) is 0 Å². The summed E-state index contributed by atoms with van der Waals surface area (Å²) in [6.07, 6.45) is 0.278. The molecule has 8 heteroatoms. The quantitative estimate of drug-likeness (QED) is 0.807. The van der Waals surface area contributed by atoms with Crippen molar-refractivity contribution in [2.75, 3.05) is 11.5 Å². The third kappa shape index (κ3) is 3.01. The van der Waals surface area contributed by atoms with Crippen LogP contribution in [0.4, 0.5) is 0 Å². The lowest BCUT2D eigenvalue weighted by molar-refractivity contribution is 0.473. The van der Waals surface area contributed by atoms with E-state index in [1.807, 2.05) is 0 Å². The zero-order valence-corrected chi connectivity index (χ0v) is 11.0. The van der Waals surface area contributed by atoms with E-state index in [0.29, 0.717) is 0 Å². The van der Waals surface area contributed by atoms with Gasteiger partial charge in [-0.25, -0.2) is 21.6 Å². The number of hydrogen-bond acceptors (Lipinski definition) is 5. The topological polar surface area (TPSA) is 101 Å². The molecule has 1 heterocycles. The van der Waals surface area contributed by atoms with Crippen LogP contribution in [0.15, 0.2) is 29.2 Å². The fourth-order valence-electron chi connectivity index (χ4n) is 1.83. The van der Waals surface area contributed by atoms with E-state index in [2.05, 4.69) is 4.72 Å². The van der Waals surface area contributed by atoms with Crippen LogP contribution >= 0.6 is 0 Å². The van der Waals surface area contributed by atoms with Crippen LogP contribution < -0.4 is 4.72 Å². The van der Waals surface area contributed by atoms with Crippen molar-refractivity contribution in [3.05, 3.63) is 24.3 Å². The molecule has 6 nitrogen and oxygen atoms in total. The minimum Gasteiger partial charge on any atom is -0.508 e. The largest absolute Gasteiger partial charge is 0.508 e. The number of aromatic hydroxyl groups is 1. The Hall–Kier alpha value is -1.12. The molecule has 1 aromatic carbocycles. The highest BCUT2D eigenvalue weighted by atomic mass is 32.2. The van der Waals surface area contributed by atoms with E-state index in [1.165, 1.54) is 18.2 Å². The SMILES string of the molecule is O=S1(=O)CCC(NS(=O)(=O)c2cccc(O)c2)C1. The minimum atomic E-state index is -3.79. The van der Waals surface area contributed by atoms with Gasteiger partial charge in [0.15, 0.2) is 9.84 Å². The Morgan fingerprint density at radius 1 is 1.33 bits per heavy atom. The Kier molecular flexibility index (Phi) is 3.35. The lowest BCUT2D eigenvalue weighted by Gasteiger charge is -2.11. The van der Waals surface area contributed by atoms with Gasteiger partial charge in [0.25, 0.3) is 0 Å². The third-order valence-electron chi connectivity index (χ3n) is 2.68. The summed E-state index contributed by atoms with van der Waals surface area (Å²) < 4.78 is 48.7. The predicted molar refractivity (Wildman–Crippen MR) is 65.5 cm³/mol. The Morgan fingerprint density at radius 3 is 2.61 bits per heavy atom. The molecule has 1 aromatic rings. The van der Waals surface area contributed by atoms with Crippen LogP contribution in [-0.2, 0) is 19.9 Å². The first-order valence-electron chi connectivity index (χ1n) is 5.30. The van der Waals surface area contributed by atoms with Crippen molar-refractivity contribution in [1.82, 2.24) is 4.72 Å². The molecular formula is C10H13NO5S2. The number of phenolic OH excluding ortho intramolecular Hbond substituents is 1. The molecule has 0 radical (unpaired) electrons. The van der Waals surface area contributed by atoms with Crippen LogP contribution in [0.2, 0.25) is 0 Å². The first-order valence-corrected chi connectivity index (χ1v) is 8.61. The number of benzene rings is 1. The summed E-state index contributed by atoms with van der Waals surface area (Å²) >= 11 is 0. The molecule has 1 aliphatic heterocycles. The van der Waals surface area contributed by atoms with Gasteiger partial charge >= 0.3 is 0 Å². The van der Waals surface area contributed by atoms with Crippen LogP contribution in [0.3, 0.4) is 0 Å². The van der Waals surface area contributed by atoms with Gasteiger partial charge in [0.1, 0.15) is 5.75 Å². The van der Waals surface area contributed by atoms with Gasteiger partial charge in [0.2, 0.25) is 10.0 Å². The number of rotatable bonds is 3. The van der Waals surface area contributed by atoms with Crippen molar-refractivity contribution >= 4 is 19.9 Å². The number of nitrogens with one attached hydrogen (secondary N) is 1. The molecule has 1 saturated heterocycles. The van der Waals surface area contributed by atoms with Crippen molar-refractivity contribution in [3.63, 3.8) is 0 Å². The van der Waals surface area contributed by atoms with Crippen LogP contribution in [0, 0.1) is 0 Å². The summed E-state index contributed by atoms with van der Waals surface area (Å²) in [6.45, 7) is 0. The molecule has 0 aliphatic carbocycles. The zero-order chi connectivity index (χ0) is 13.4. The van der Waals surface area contributed by atoms with Gasteiger partial charge in [0, 0.05) is 6.04 Å². The molecule has 100 valence electrons. The van der Waals surface area contributed by atoms with E-state index >= 15 is 0 Å². The van der Waals surface area contributed by atoms with E-state index < -0.39 is 25.9 Å². The van der Waals surface area contributed by atoms with Crippen LogP contribution in [0.25, 0.3) is 0 Å². The molecule has 1 atom stereocenters. The van der Waals surface area contributed by atoms with Crippen molar-refractivity contribution in [3.8, 4) is 5.75 Å². The van der Waals surface area contributed by atoms with E-state index in [0.717, 1.165) is 6.07 Å². The van der Waals surface area contributed by atoms with Crippen molar-refractivity contribution in [2.45, 2.75) is 17.4 Å². The second-order valence-corrected chi connectivity index (χ2v) is 8.16. The lowest BCUT2D eigenvalue weighted by atomic mass is 10.3. The highest BCUT2D eigenvalue weighted by Crippen LogP contribution is 2.18. The van der Waals surface area contributed by atoms with Gasteiger partial charge in [-0.1, -0.05) is 6.07 Å². The zero-order valence-electron chi connectivity index (χ0n) is 9.40. The van der Waals surface area contributed by atoms with Gasteiger partial charge < -0.3 is 5.11 Å². The predicted octanol–water partition coefficient (Wildman–Crippen LogP) is -0.142. The smallest absolute Gasteiger partial charge is 0.240 e. The highest BCUT2D eigenvalue weighted by Gasteiger charge is 2.31. The molecule has 0 spiro atoms. The summed E-state index contributed by atoms with van der Waals surface area (Å²) in [5.74, 6) is -0.331. The molecule has 18 heavy (non-hydrogen) atoms. The maximum atomic E-state index is 11.9. The molecule has 0 amide bonds. The fraction of sp³-hybridized carbons (Fsp3) is 0.400. The van der Waals surface area contributed by atoms with Crippen molar-refractivity contribution in [1.29, 1.82) is 0 Å². The number of phenols is 1. The monoisotopic (exact) mass is 291 g/mol. The van der Waals surface area contributed by atoms with Crippen molar-refractivity contribution in [2.24, 2.45) is 0 Å². The molecule has 0 aromatic heterocycles. The number of sulfonamides is 1. The normalized spacial score (nSPS) is 23.0. The molecule has 0 saturated carbocycles. The van der Waals surface area contributed by atoms with Crippen LogP contribution in [0.1, 0.15) is 6.42 Å². The van der Waals surface area contributed by atoms with Gasteiger partial charge in [-0.05, 0) is 24.6 Å². The summed E-state index contributed by atoms with van der Waals surface area (Å²) in [5, 5.41) is 9.23. The van der Waals surface area contributed by atoms with E-state index in [-0.39, 0.29) is 28.6 Å². The van der Waals surface area contributed by atoms with Gasteiger partial charge in [-0.2, -0.15) is 0 Å². The second kappa shape index (κ2) is 4.52. The van der Waals surface area contributed by atoms with Crippen LogP contribution in [0.5, 0.6) is 5.75 Å². The fourth-order valence-corrected chi connectivity index (χ4v) is 4.91. The number of sulfone groups is 1. The van der Waals surface area contributed by atoms with Gasteiger partial charge in [-0.3, -0.25) is 0 Å². The lowest BCUT2D eigenvalue weighted by Crippen LogP contribution is -2.35. The summed E-state index contributed by atoms with van der Waals surface area (Å²) in [6, 6.07) is 4.63. The molecule has 0 bridgehead atoms. The third-order valence-corrected chi connectivity index (χ3v) is 5.97. The molecule has 2 rings (SSSR count). The molecule has 1 fully saturated rings. The number of hydrogen-bond donors (Lipinski definition) is 2. The highest BCUT2D eigenvalue weighted by molar-refractivity contribution is 7.92. The Bertz CT molecular complexity index is 651. The van der Waals surface area contributed by atoms with E-state index in [4.69, 9.17) is 0 Å². The van der Waals surface area contributed by atoms with Crippen LogP contribution in [-0.4, -0.2) is 39.5 Å². The Balaban J connectivity index is 2.18. The minimum absolute atomic E-state index is 0.000225. The molecule has 1 unspecified atom stereocenters. The van der Waals surface area contributed by atoms with Crippen molar-refractivity contribution < 1.29 is 21.9 Å². The average Bonchev–Trinajstić information content (AvgIpc) is 2.57. The maximum Gasteiger partial charge on any atom is 0.240 e. The molecule has 1 aliphatic rings. The Labute approximate surface area is 106 Å². The van der Waals surface area contributed by atoms with E-state index in [9.17, 15) is 21.9 Å². The first kappa shape index (κ1) is 13.3. The first-order chi connectivity index (χ1) is 8.28. The standard InChI is InChI=1S/C10H13NO5S2/c12-9-2-1-3-10(6-9)18(15,16)11-8-4-5-17(13,14)7-8/h1-3,6,8,11-12H,4-5,7H2. The molecular weight excluding hydrogens is 278 g/mol. The summed E-state index contributed by atoms with van der Waals surface area (Å²) in [7, 11) is -6.93. The van der Waals surface area contributed by atoms with Gasteiger partial charge in [-0.15, -0.1) is 0 Å². The Morgan fingerprint density at radius 2 is 2.06 bits per heavy atom. The second-order valence-electron chi connectivity index (χ2n) is 4.22.